The molecule has 1 heterocycles. The van der Waals surface area contributed by atoms with Gasteiger partial charge in [-0.05, 0) is 26.7 Å². The van der Waals surface area contributed by atoms with Gasteiger partial charge < -0.3 is 4.52 Å². The zero-order valence-corrected chi connectivity index (χ0v) is 11.9. The molecule has 104 valence electrons. The van der Waals surface area contributed by atoms with Crippen LogP contribution in [0.3, 0.4) is 0 Å². The van der Waals surface area contributed by atoms with Gasteiger partial charge in [0, 0.05) is 6.04 Å². The lowest BCUT2D eigenvalue weighted by Crippen LogP contribution is -2.39. The Kier molecular flexibility index (Phi) is 3.92. The van der Waals surface area contributed by atoms with E-state index in [1.54, 1.807) is 13.8 Å². The highest BCUT2D eigenvalue weighted by atomic mass is 32.2. The Morgan fingerprint density at radius 3 is 2.53 bits per heavy atom. The summed E-state index contributed by atoms with van der Waals surface area (Å²) in [6.07, 6.45) is 3.63. The van der Waals surface area contributed by atoms with Gasteiger partial charge in [-0.3, -0.25) is 0 Å². The maximum atomic E-state index is 12.7. The molecule has 0 N–H and O–H groups in total. The molecule has 0 spiro atoms. The van der Waals surface area contributed by atoms with Gasteiger partial charge >= 0.3 is 0 Å². The number of aryl methyl sites for hydroxylation is 2. The van der Waals surface area contributed by atoms with Gasteiger partial charge in [-0.2, -0.15) is 9.57 Å². The Balaban J connectivity index is 2.43. The van der Waals surface area contributed by atoms with Crippen LogP contribution in [0.4, 0.5) is 0 Å². The van der Waals surface area contributed by atoms with Crippen LogP contribution in [0.2, 0.25) is 0 Å². The van der Waals surface area contributed by atoms with Crippen molar-refractivity contribution in [2.45, 2.75) is 50.5 Å². The van der Waals surface area contributed by atoms with Crippen LogP contribution in [0, 0.1) is 25.2 Å². The van der Waals surface area contributed by atoms with Crippen LogP contribution in [0.15, 0.2) is 9.42 Å². The van der Waals surface area contributed by atoms with E-state index in [-0.39, 0.29) is 23.2 Å². The van der Waals surface area contributed by atoms with Gasteiger partial charge in [0.25, 0.3) is 0 Å². The molecule has 1 aliphatic carbocycles. The van der Waals surface area contributed by atoms with Crippen molar-refractivity contribution in [1.29, 1.82) is 5.26 Å². The lowest BCUT2D eigenvalue weighted by atomic mass is 10.2. The fourth-order valence-corrected chi connectivity index (χ4v) is 4.51. The number of hydrogen-bond donors (Lipinski definition) is 0. The average Bonchev–Trinajstić information content (AvgIpc) is 2.96. The van der Waals surface area contributed by atoms with E-state index in [4.69, 9.17) is 9.78 Å². The molecule has 0 saturated heterocycles. The summed E-state index contributed by atoms with van der Waals surface area (Å²) in [5.41, 5.74) is 0.346. The van der Waals surface area contributed by atoms with Crippen LogP contribution < -0.4 is 0 Å². The van der Waals surface area contributed by atoms with Crippen LogP contribution >= 0.6 is 0 Å². The van der Waals surface area contributed by atoms with E-state index in [0.717, 1.165) is 25.7 Å². The lowest BCUT2D eigenvalue weighted by Gasteiger charge is -2.25. The molecule has 1 aromatic heterocycles. The fraction of sp³-hybridized carbons (Fsp3) is 0.667. The molecule has 0 aliphatic heterocycles. The molecule has 1 aliphatic rings. The molecule has 0 radical (unpaired) electrons. The van der Waals surface area contributed by atoms with E-state index >= 15 is 0 Å². The predicted octanol–water partition coefficient (Wildman–Crippen LogP) is 1.75. The van der Waals surface area contributed by atoms with Crippen molar-refractivity contribution in [2.75, 3.05) is 6.54 Å². The molecule has 1 aromatic rings. The van der Waals surface area contributed by atoms with Crippen LogP contribution in [0.1, 0.15) is 37.1 Å². The van der Waals surface area contributed by atoms with E-state index in [9.17, 15) is 8.42 Å². The molecule has 0 aromatic carbocycles. The maximum Gasteiger partial charge on any atom is 0.249 e. The topological polar surface area (TPSA) is 87.2 Å². The van der Waals surface area contributed by atoms with Gasteiger partial charge in [0.1, 0.15) is 17.1 Å². The van der Waals surface area contributed by atoms with Crippen LogP contribution in [0.25, 0.3) is 0 Å². The largest absolute Gasteiger partial charge is 0.360 e. The lowest BCUT2D eigenvalue weighted by molar-refractivity contribution is 0.348. The van der Waals surface area contributed by atoms with Crippen LogP contribution in [-0.2, 0) is 10.0 Å². The molecule has 1 saturated carbocycles. The molecule has 0 atom stereocenters. The zero-order valence-electron chi connectivity index (χ0n) is 11.1. The smallest absolute Gasteiger partial charge is 0.249 e. The monoisotopic (exact) mass is 283 g/mol. The maximum absolute atomic E-state index is 12.7. The molecule has 2 rings (SSSR count). The molecule has 0 bridgehead atoms. The highest BCUT2D eigenvalue weighted by Gasteiger charge is 2.36. The number of hydrogen-bond acceptors (Lipinski definition) is 5. The summed E-state index contributed by atoms with van der Waals surface area (Å²) in [4.78, 5) is 0.106. The zero-order chi connectivity index (χ0) is 14.0. The number of sulfonamides is 1. The van der Waals surface area contributed by atoms with Gasteiger partial charge in [0.05, 0.1) is 6.07 Å². The van der Waals surface area contributed by atoms with Crippen molar-refractivity contribution in [3.8, 4) is 6.07 Å². The minimum absolute atomic E-state index is 0.0849. The van der Waals surface area contributed by atoms with Crippen molar-refractivity contribution in [2.24, 2.45) is 0 Å². The summed E-state index contributed by atoms with van der Waals surface area (Å²) in [5.74, 6) is 0.276. The van der Waals surface area contributed by atoms with Crippen LogP contribution in [0.5, 0.6) is 0 Å². The fourth-order valence-electron chi connectivity index (χ4n) is 2.63. The number of aromatic nitrogens is 1. The van der Waals surface area contributed by atoms with E-state index in [1.165, 1.54) is 4.31 Å². The van der Waals surface area contributed by atoms with Gasteiger partial charge in [-0.25, -0.2) is 8.42 Å². The first-order valence-corrected chi connectivity index (χ1v) is 7.74. The van der Waals surface area contributed by atoms with Gasteiger partial charge in [0.2, 0.25) is 10.0 Å². The van der Waals surface area contributed by atoms with Gasteiger partial charge in [-0.1, -0.05) is 18.0 Å². The van der Waals surface area contributed by atoms with Crippen molar-refractivity contribution < 1.29 is 12.9 Å². The van der Waals surface area contributed by atoms with E-state index < -0.39 is 10.0 Å². The predicted molar refractivity (Wildman–Crippen MR) is 67.7 cm³/mol. The summed E-state index contributed by atoms with van der Waals surface area (Å²) >= 11 is 0. The quantitative estimate of drug-likeness (QED) is 0.785. The van der Waals surface area contributed by atoms with Crippen molar-refractivity contribution >= 4 is 10.0 Å². The number of nitriles is 1. The minimum Gasteiger partial charge on any atom is -0.360 e. The second-order valence-electron chi connectivity index (χ2n) is 4.80. The number of rotatable bonds is 4. The average molecular weight is 283 g/mol. The Morgan fingerprint density at radius 2 is 2.05 bits per heavy atom. The highest BCUT2D eigenvalue weighted by Crippen LogP contribution is 2.30. The van der Waals surface area contributed by atoms with Crippen molar-refractivity contribution in [1.82, 2.24) is 9.46 Å². The normalized spacial score (nSPS) is 16.9. The summed E-state index contributed by atoms with van der Waals surface area (Å²) in [6, 6.07) is 1.86. The first kappa shape index (κ1) is 14.0. The second-order valence-corrected chi connectivity index (χ2v) is 6.63. The molecule has 6 nitrogen and oxygen atoms in total. The Morgan fingerprint density at radius 1 is 1.42 bits per heavy atom. The SMILES string of the molecule is Cc1noc(C)c1S(=O)(=O)N(CC#N)C1CCCC1. The molecule has 7 heteroatoms. The summed E-state index contributed by atoms with van der Waals surface area (Å²) in [5, 5.41) is 12.6. The third kappa shape index (κ3) is 2.51. The molecular formula is C12H17N3O3S. The molecule has 1 fully saturated rings. The van der Waals surface area contributed by atoms with Gasteiger partial charge in [0.15, 0.2) is 5.76 Å². The van der Waals surface area contributed by atoms with Crippen molar-refractivity contribution in [3.63, 3.8) is 0 Å². The van der Waals surface area contributed by atoms with E-state index in [1.807, 2.05) is 6.07 Å². The molecule has 0 unspecified atom stereocenters. The Hall–Kier alpha value is -1.39. The minimum atomic E-state index is -3.71. The van der Waals surface area contributed by atoms with E-state index in [0.29, 0.717) is 5.69 Å². The third-order valence-electron chi connectivity index (χ3n) is 3.49. The summed E-state index contributed by atoms with van der Waals surface area (Å²) < 4.78 is 31.6. The van der Waals surface area contributed by atoms with Gasteiger partial charge in [-0.15, -0.1) is 0 Å². The first-order valence-electron chi connectivity index (χ1n) is 6.30. The summed E-state index contributed by atoms with van der Waals surface area (Å²) in [7, 11) is -3.71. The first-order chi connectivity index (χ1) is 8.98. The Labute approximate surface area is 113 Å². The molecular weight excluding hydrogens is 266 g/mol. The Bertz CT molecular complexity index is 575. The molecule has 0 amide bonds. The van der Waals surface area contributed by atoms with Crippen LogP contribution in [-0.4, -0.2) is 30.5 Å². The highest BCUT2D eigenvalue weighted by molar-refractivity contribution is 7.89. The molecule has 19 heavy (non-hydrogen) atoms. The van der Waals surface area contributed by atoms with Crippen molar-refractivity contribution in [3.05, 3.63) is 11.5 Å². The number of nitrogens with zero attached hydrogens (tertiary/aromatic N) is 3. The third-order valence-corrected chi connectivity index (χ3v) is 5.64. The standard InChI is InChI=1S/C12H17N3O3S/c1-9-12(10(2)18-14-9)19(16,17)15(8-7-13)11-5-3-4-6-11/h11H,3-6,8H2,1-2H3. The summed E-state index contributed by atoms with van der Waals surface area (Å²) in [6.45, 7) is 3.05. The van der Waals surface area contributed by atoms with E-state index in [2.05, 4.69) is 5.16 Å². The second kappa shape index (κ2) is 5.31.